The lowest BCUT2D eigenvalue weighted by Gasteiger charge is -2.05. The second kappa shape index (κ2) is 6.99. The van der Waals surface area contributed by atoms with Crippen molar-refractivity contribution in [3.05, 3.63) is 74.9 Å². The van der Waals surface area contributed by atoms with E-state index in [4.69, 9.17) is 34.8 Å². The predicted molar refractivity (Wildman–Crippen MR) is 89.7 cm³/mol. The number of hydrogen-bond acceptors (Lipinski definition) is 2. The van der Waals surface area contributed by atoms with Gasteiger partial charge >= 0.3 is 0 Å². The minimum absolute atomic E-state index is 0.205. The molecule has 0 bridgehead atoms. The van der Waals surface area contributed by atoms with Crippen LogP contribution in [0.1, 0.15) is 15.9 Å². The van der Waals surface area contributed by atoms with Crippen molar-refractivity contribution in [2.24, 2.45) is 0 Å². The molecule has 21 heavy (non-hydrogen) atoms. The first kappa shape index (κ1) is 15.9. The number of carbonyl (C=O) groups is 1. The van der Waals surface area contributed by atoms with Gasteiger partial charge in [0.25, 0.3) is 0 Å². The molecule has 2 nitrogen and oxygen atoms in total. The smallest absolute Gasteiger partial charge is 0.188 e. The largest absolute Gasteiger partial charge is 0.361 e. The molecule has 0 aliphatic rings. The molecule has 1 N–H and O–H groups in total. The predicted octanol–water partition coefficient (Wildman–Crippen LogP) is 5.76. The van der Waals surface area contributed by atoms with Crippen LogP contribution in [-0.2, 0) is 0 Å². The third-order valence-electron chi connectivity index (χ3n) is 2.87. The number of halogens is 3. The van der Waals surface area contributed by atoms with Gasteiger partial charge in [-0.15, -0.1) is 0 Å². The van der Waals surface area contributed by atoms with Crippen molar-refractivity contribution in [1.29, 1.82) is 0 Å². The summed E-state index contributed by atoms with van der Waals surface area (Å²) in [5.41, 5.74) is 2.27. The molecule has 2 rings (SSSR count). The molecule has 0 amide bonds. The van der Waals surface area contributed by atoms with Crippen molar-refractivity contribution in [3.63, 3.8) is 0 Å². The summed E-state index contributed by atoms with van der Waals surface area (Å²) in [5.74, 6) is -0.205. The minimum Gasteiger partial charge on any atom is -0.361 e. The van der Waals surface area contributed by atoms with Crippen molar-refractivity contribution in [2.75, 3.05) is 5.32 Å². The van der Waals surface area contributed by atoms with E-state index in [-0.39, 0.29) is 5.78 Å². The molecular formula is C16H12Cl3NO. The van der Waals surface area contributed by atoms with E-state index in [0.717, 1.165) is 11.3 Å². The summed E-state index contributed by atoms with van der Waals surface area (Å²) >= 11 is 17.7. The third-order valence-corrected chi connectivity index (χ3v) is 3.65. The Labute approximate surface area is 138 Å². The summed E-state index contributed by atoms with van der Waals surface area (Å²) in [7, 11) is 0. The van der Waals surface area contributed by atoms with Crippen LogP contribution in [0.3, 0.4) is 0 Å². The van der Waals surface area contributed by atoms with Crippen LogP contribution in [0, 0.1) is 6.92 Å². The first-order valence-electron chi connectivity index (χ1n) is 6.16. The molecule has 5 heteroatoms. The Kier molecular flexibility index (Phi) is 5.29. The quantitative estimate of drug-likeness (QED) is 0.566. The zero-order valence-corrected chi connectivity index (χ0v) is 13.4. The maximum Gasteiger partial charge on any atom is 0.188 e. The van der Waals surface area contributed by atoms with Gasteiger partial charge in [0, 0.05) is 33.6 Å². The maximum absolute atomic E-state index is 12.0. The number of allylic oxidation sites excluding steroid dienone is 1. The van der Waals surface area contributed by atoms with Crippen LogP contribution in [-0.4, -0.2) is 5.78 Å². The first-order valence-corrected chi connectivity index (χ1v) is 7.29. The summed E-state index contributed by atoms with van der Waals surface area (Å²) in [6, 6.07) is 10.3. The molecule has 0 saturated carbocycles. The molecule has 0 aliphatic heterocycles. The lowest BCUT2D eigenvalue weighted by atomic mass is 10.1. The second-order valence-electron chi connectivity index (χ2n) is 4.43. The van der Waals surface area contributed by atoms with Crippen LogP contribution in [0.25, 0.3) is 0 Å². The molecule has 0 unspecified atom stereocenters. The molecule has 0 heterocycles. The van der Waals surface area contributed by atoms with Crippen LogP contribution in [0.4, 0.5) is 5.69 Å². The normalized spacial score (nSPS) is 10.9. The number of rotatable bonds is 4. The van der Waals surface area contributed by atoms with Gasteiger partial charge in [0.2, 0.25) is 0 Å². The number of benzene rings is 2. The van der Waals surface area contributed by atoms with E-state index >= 15 is 0 Å². The van der Waals surface area contributed by atoms with E-state index < -0.39 is 0 Å². The highest BCUT2D eigenvalue weighted by atomic mass is 35.5. The molecule has 0 spiro atoms. The van der Waals surface area contributed by atoms with Crippen LogP contribution >= 0.6 is 34.8 Å². The Morgan fingerprint density at radius 1 is 1.05 bits per heavy atom. The van der Waals surface area contributed by atoms with Gasteiger partial charge in [0.05, 0.1) is 5.02 Å². The Hall–Kier alpha value is -1.48. The van der Waals surface area contributed by atoms with Gasteiger partial charge in [-0.3, -0.25) is 4.79 Å². The average molecular weight is 341 g/mol. The van der Waals surface area contributed by atoms with Crippen molar-refractivity contribution in [2.45, 2.75) is 6.92 Å². The summed E-state index contributed by atoms with van der Waals surface area (Å²) in [4.78, 5) is 12.0. The van der Waals surface area contributed by atoms with Gasteiger partial charge in [-0.2, -0.15) is 0 Å². The van der Waals surface area contributed by atoms with E-state index in [0.29, 0.717) is 20.6 Å². The molecule has 2 aromatic carbocycles. The van der Waals surface area contributed by atoms with Gasteiger partial charge in [-0.1, -0.05) is 40.9 Å². The lowest BCUT2D eigenvalue weighted by molar-refractivity contribution is 0.104. The third kappa shape index (κ3) is 4.24. The summed E-state index contributed by atoms with van der Waals surface area (Å²) in [5, 5.41) is 4.48. The van der Waals surface area contributed by atoms with Crippen LogP contribution in [0.15, 0.2) is 48.7 Å². The SMILES string of the molecule is Cc1ccc(Cl)cc1NC=CC(=O)c1ccc(Cl)cc1Cl. The molecule has 0 aliphatic carbocycles. The Bertz CT molecular complexity index is 711. The van der Waals surface area contributed by atoms with Gasteiger partial charge in [-0.05, 0) is 42.8 Å². The number of anilines is 1. The molecule has 0 atom stereocenters. The number of ketones is 1. The minimum atomic E-state index is -0.205. The van der Waals surface area contributed by atoms with E-state index in [1.165, 1.54) is 6.08 Å². The molecular weight excluding hydrogens is 329 g/mol. The van der Waals surface area contributed by atoms with E-state index in [1.807, 2.05) is 19.1 Å². The molecule has 108 valence electrons. The van der Waals surface area contributed by atoms with Crippen LogP contribution in [0.2, 0.25) is 15.1 Å². The number of aryl methyl sites for hydroxylation is 1. The zero-order chi connectivity index (χ0) is 15.4. The standard InChI is InChI=1S/C16H12Cl3NO/c1-10-2-3-12(18)9-15(10)20-7-6-16(21)13-5-4-11(17)8-14(13)19/h2-9,20H,1H3. The number of carbonyl (C=O) groups excluding carboxylic acids is 1. The monoisotopic (exact) mass is 339 g/mol. The highest BCUT2D eigenvalue weighted by molar-refractivity contribution is 6.37. The number of hydrogen-bond donors (Lipinski definition) is 1. The molecule has 0 saturated heterocycles. The van der Waals surface area contributed by atoms with Gasteiger partial charge in [0.1, 0.15) is 0 Å². The first-order chi connectivity index (χ1) is 9.97. The second-order valence-corrected chi connectivity index (χ2v) is 5.71. The molecule has 0 radical (unpaired) electrons. The van der Waals surface area contributed by atoms with E-state index in [1.54, 1.807) is 30.5 Å². The number of nitrogens with one attached hydrogen (secondary N) is 1. The fraction of sp³-hybridized carbons (Fsp3) is 0.0625. The molecule has 2 aromatic rings. The summed E-state index contributed by atoms with van der Waals surface area (Å²) in [6.45, 7) is 1.95. The van der Waals surface area contributed by atoms with Crippen molar-refractivity contribution < 1.29 is 4.79 Å². The maximum atomic E-state index is 12.0. The highest BCUT2D eigenvalue weighted by Gasteiger charge is 2.07. The Morgan fingerprint density at radius 3 is 2.43 bits per heavy atom. The lowest BCUT2D eigenvalue weighted by Crippen LogP contribution is -1.98. The average Bonchev–Trinajstić information content (AvgIpc) is 2.42. The fourth-order valence-electron chi connectivity index (χ4n) is 1.74. The Morgan fingerprint density at radius 2 is 1.71 bits per heavy atom. The fourth-order valence-corrected chi connectivity index (χ4v) is 2.41. The van der Waals surface area contributed by atoms with Crippen LogP contribution in [0.5, 0.6) is 0 Å². The highest BCUT2D eigenvalue weighted by Crippen LogP contribution is 2.22. The van der Waals surface area contributed by atoms with Gasteiger partial charge in [-0.25, -0.2) is 0 Å². The van der Waals surface area contributed by atoms with Gasteiger partial charge < -0.3 is 5.32 Å². The molecule has 0 aromatic heterocycles. The van der Waals surface area contributed by atoms with E-state index in [9.17, 15) is 4.79 Å². The topological polar surface area (TPSA) is 29.1 Å². The molecule has 0 fully saturated rings. The van der Waals surface area contributed by atoms with Crippen molar-refractivity contribution >= 4 is 46.3 Å². The van der Waals surface area contributed by atoms with Crippen LogP contribution < -0.4 is 5.32 Å². The van der Waals surface area contributed by atoms with E-state index in [2.05, 4.69) is 5.32 Å². The van der Waals surface area contributed by atoms with Crippen molar-refractivity contribution in [1.82, 2.24) is 0 Å². The zero-order valence-electron chi connectivity index (χ0n) is 11.2. The van der Waals surface area contributed by atoms with Crippen molar-refractivity contribution in [3.8, 4) is 0 Å². The Balaban J connectivity index is 2.10. The summed E-state index contributed by atoms with van der Waals surface area (Å²) < 4.78 is 0. The van der Waals surface area contributed by atoms with Gasteiger partial charge in [0.15, 0.2) is 5.78 Å². The summed E-state index contributed by atoms with van der Waals surface area (Å²) in [6.07, 6.45) is 2.97.